The molecular weight excluding hydrogens is 440 g/mol. The van der Waals surface area contributed by atoms with E-state index >= 15 is 0 Å². The molecule has 6 nitrogen and oxygen atoms in total. The lowest BCUT2D eigenvalue weighted by atomic mass is 10.0. The fraction of sp³-hybridized carbons (Fsp3) is 0.690. The van der Waals surface area contributed by atoms with Crippen molar-refractivity contribution in [2.24, 2.45) is 0 Å². The third-order valence-electron chi connectivity index (χ3n) is 6.29. The van der Waals surface area contributed by atoms with Gasteiger partial charge in [-0.15, -0.1) is 0 Å². The summed E-state index contributed by atoms with van der Waals surface area (Å²) in [7, 11) is 0. The van der Waals surface area contributed by atoms with Crippen LogP contribution in [0.3, 0.4) is 0 Å². The maximum atomic E-state index is 12.2. The fourth-order valence-electron chi connectivity index (χ4n) is 4.13. The van der Waals surface area contributed by atoms with Crippen molar-refractivity contribution in [1.82, 2.24) is 5.32 Å². The van der Waals surface area contributed by atoms with E-state index < -0.39 is 5.97 Å². The van der Waals surface area contributed by atoms with Gasteiger partial charge < -0.3 is 15.7 Å². The van der Waals surface area contributed by atoms with Gasteiger partial charge in [-0.05, 0) is 37.1 Å². The highest BCUT2D eigenvalue weighted by Crippen LogP contribution is 2.14. The smallest absolute Gasteiger partial charge is 0.303 e. The number of benzene rings is 1. The average Bonchev–Trinajstić information content (AvgIpc) is 2.84. The fourth-order valence-corrected chi connectivity index (χ4v) is 4.13. The van der Waals surface area contributed by atoms with Gasteiger partial charge in [0.1, 0.15) is 0 Å². The summed E-state index contributed by atoms with van der Waals surface area (Å²) in [6.07, 6.45) is 20.5. The molecule has 2 amide bonds. The van der Waals surface area contributed by atoms with E-state index in [1.807, 2.05) is 0 Å². The van der Waals surface area contributed by atoms with Gasteiger partial charge in [-0.1, -0.05) is 96.8 Å². The SMILES string of the molecule is CCCCCCCCCCCCCCCCCC(=O)Nc1ccc(C(=O)NCCCC(=O)O)cc1. The van der Waals surface area contributed by atoms with Crippen LogP contribution in [0.5, 0.6) is 0 Å². The Morgan fingerprint density at radius 1 is 0.657 bits per heavy atom. The van der Waals surface area contributed by atoms with E-state index in [1.54, 1.807) is 24.3 Å². The first-order valence-corrected chi connectivity index (χ1v) is 13.9. The van der Waals surface area contributed by atoms with Crippen LogP contribution in [0, 0.1) is 0 Å². The zero-order valence-electron chi connectivity index (χ0n) is 21.9. The summed E-state index contributed by atoms with van der Waals surface area (Å²) in [6, 6.07) is 6.76. The summed E-state index contributed by atoms with van der Waals surface area (Å²) in [5, 5.41) is 14.2. The second-order valence-electron chi connectivity index (χ2n) is 9.58. The molecule has 0 unspecified atom stereocenters. The summed E-state index contributed by atoms with van der Waals surface area (Å²) in [4.78, 5) is 34.7. The van der Waals surface area contributed by atoms with Crippen molar-refractivity contribution in [3.05, 3.63) is 29.8 Å². The van der Waals surface area contributed by atoms with E-state index in [9.17, 15) is 14.4 Å². The Bertz CT molecular complexity index is 703. The number of anilines is 1. The predicted octanol–water partition coefficient (Wildman–Crippen LogP) is 7.48. The molecule has 1 aromatic rings. The minimum atomic E-state index is -0.872. The van der Waals surface area contributed by atoms with Crippen LogP contribution in [0.15, 0.2) is 24.3 Å². The third-order valence-corrected chi connectivity index (χ3v) is 6.29. The number of amides is 2. The van der Waals surface area contributed by atoms with Gasteiger partial charge >= 0.3 is 5.97 Å². The first-order valence-electron chi connectivity index (χ1n) is 13.9. The van der Waals surface area contributed by atoms with Crippen molar-refractivity contribution in [3.8, 4) is 0 Å². The van der Waals surface area contributed by atoms with Crippen molar-refractivity contribution in [1.29, 1.82) is 0 Å². The molecular formula is C29H48N2O4. The zero-order chi connectivity index (χ0) is 25.6. The molecule has 198 valence electrons. The molecule has 0 atom stereocenters. The van der Waals surface area contributed by atoms with Crippen molar-refractivity contribution >= 4 is 23.5 Å². The van der Waals surface area contributed by atoms with Gasteiger partial charge in [0.15, 0.2) is 0 Å². The second-order valence-corrected chi connectivity index (χ2v) is 9.58. The lowest BCUT2D eigenvalue weighted by molar-refractivity contribution is -0.137. The van der Waals surface area contributed by atoms with Gasteiger partial charge in [-0.25, -0.2) is 0 Å². The number of carbonyl (C=O) groups is 3. The molecule has 6 heteroatoms. The lowest BCUT2D eigenvalue weighted by Gasteiger charge is -2.08. The Kier molecular flexibility index (Phi) is 18.4. The predicted molar refractivity (Wildman–Crippen MR) is 144 cm³/mol. The molecule has 0 aromatic heterocycles. The summed E-state index contributed by atoms with van der Waals surface area (Å²) in [5.41, 5.74) is 1.17. The van der Waals surface area contributed by atoms with Crippen LogP contribution >= 0.6 is 0 Å². The first-order chi connectivity index (χ1) is 17.0. The number of unbranched alkanes of at least 4 members (excludes halogenated alkanes) is 14. The molecule has 1 rings (SSSR count). The molecule has 0 saturated heterocycles. The molecule has 0 aliphatic carbocycles. The van der Waals surface area contributed by atoms with Gasteiger partial charge in [0.25, 0.3) is 5.91 Å². The van der Waals surface area contributed by atoms with Gasteiger partial charge in [-0.2, -0.15) is 0 Å². The Labute approximate surface area is 212 Å². The Balaban J connectivity index is 1.99. The molecule has 0 bridgehead atoms. The van der Waals surface area contributed by atoms with Crippen molar-refractivity contribution in [3.63, 3.8) is 0 Å². The number of carboxylic acid groups (broad SMARTS) is 1. The quantitative estimate of drug-likeness (QED) is 0.147. The third kappa shape index (κ3) is 17.7. The number of carbonyl (C=O) groups excluding carboxylic acids is 2. The van der Waals surface area contributed by atoms with E-state index in [-0.39, 0.29) is 18.2 Å². The van der Waals surface area contributed by atoms with E-state index in [4.69, 9.17) is 5.11 Å². The van der Waals surface area contributed by atoms with Crippen LogP contribution in [0.2, 0.25) is 0 Å². The number of hydrogen-bond donors (Lipinski definition) is 3. The highest BCUT2D eigenvalue weighted by molar-refractivity contribution is 5.95. The number of nitrogens with one attached hydrogen (secondary N) is 2. The molecule has 0 aliphatic heterocycles. The summed E-state index contributed by atoms with van der Waals surface area (Å²) < 4.78 is 0. The highest BCUT2D eigenvalue weighted by atomic mass is 16.4. The molecule has 3 N–H and O–H groups in total. The van der Waals surface area contributed by atoms with Gasteiger partial charge in [0.05, 0.1) is 0 Å². The van der Waals surface area contributed by atoms with Crippen molar-refractivity contribution in [2.45, 2.75) is 122 Å². The van der Waals surface area contributed by atoms with Crippen LogP contribution < -0.4 is 10.6 Å². The summed E-state index contributed by atoms with van der Waals surface area (Å²) in [5.74, 6) is -1.11. The maximum absolute atomic E-state index is 12.2. The maximum Gasteiger partial charge on any atom is 0.303 e. The minimum Gasteiger partial charge on any atom is -0.481 e. The summed E-state index contributed by atoms with van der Waals surface area (Å²) >= 11 is 0. The zero-order valence-corrected chi connectivity index (χ0v) is 21.9. The minimum absolute atomic E-state index is 0.00515. The van der Waals surface area contributed by atoms with Gasteiger partial charge in [0, 0.05) is 30.6 Å². The van der Waals surface area contributed by atoms with Crippen molar-refractivity contribution < 1.29 is 19.5 Å². The van der Waals surface area contributed by atoms with Crippen LogP contribution in [0.1, 0.15) is 133 Å². The van der Waals surface area contributed by atoms with Crippen LogP contribution in [-0.4, -0.2) is 29.4 Å². The average molecular weight is 489 g/mol. The standard InChI is InChI=1S/C29H48N2O4/c1-2-3-4-5-6-7-8-9-10-11-12-13-14-15-16-18-27(32)31-26-22-20-25(21-23-26)29(35)30-24-17-19-28(33)34/h20-23H,2-19,24H2,1H3,(H,30,35)(H,31,32)(H,33,34). The lowest BCUT2D eigenvalue weighted by Crippen LogP contribution is -2.24. The Hall–Kier alpha value is -2.37. The van der Waals surface area contributed by atoms with Gasteiger partial charge in [-0.3, -0.25) is 14.4 Å². The van der Waals surface area contributed by atoms with Gasteiger partial charge in [0.2, 0.25) is 5.91 Å². The topological polar surface area (TPSA) is 95.5 Å². The van der Waals surface area contributed by atoms with E-state index in [2.05, 4.69) is 17.6 Å². The number of aliphatic carboxylic acids is 1. The van der Waals surface area contributed by atoms with E-state index in [1.165, 1.54) is 83.5 Å². The molecule has 0 aliphatic rings. The van der Waals surface area contributed by atoms with Crippen molar-refractivity contribution in [2.75, 3.05) is 11.9 Å². The second kappa shape index (κ2) is 21.0. The molecule has 0 fully saturated rings. The largest absolute Gasteiger partial charge is 0.481 e. The number of rotatable bonds is 22. The highest BCUT2D eigenvalue weighted by Gasteiger charge is 2.07. The Morgan fingerprint density at radius 2 is 1.14 bits per heavy atom. The molecule has 35 heavy (non-hydrogen) atoms. The molecule has 1 aromatic carbocycles. The monoisotopic (exact) mass is 488 g/mol. The number of carboxylic acids is 1. The van der Waals surface area contributed by atoms with Crippen LogP contribution in [-0.2, 0) is 9.59 Å². The molecule has 0 heterocycles. The van der Waals surface area contributed by atoms with E-state index in [0.29, 0.717) is 30.6 Å². The van der Waals surface area contributed by atoms with Crippen LogP contribution in [0.25, 0.3) is 0 Å². The van der Waals surface area contributed by atoms with Crippen LogP contribution in [0.4, 0.5) is 5.69 Å². The number of hydrogen-bond acceptors (Lipinski definition) is 3. The van der Waals surface area contributed by atoms with E-state index in [0.717, 1.165) is 12.8 Å². The molecule has 0 saturated carbocycles. The molecule has 0 spiro atoms. The first kappa shape index (κ1) is 30.7. The molecule has 0 radical (unpaired) electrons. The summed E-state index contributed by atoms with van der Waals surface area (Å²) in [6.45, 7) is 2.59. The Morgan fingerprint density at radius 3 is 1.63 bits per heavy atom. The normalized spacial score (nSPS) is 10.8.